The lowest BCUT2D eigenvalue weighted by molar-refractivity contribution is -0.120. The molecule has 0 atom stereocenters. The Hall–Kier alpha value is -1.40. The van der Waals surface area contributed by atoms with Gasteiger partial charge in [-0.2, -0.15) is 4.31 Å². The van der Waals surface area contributed by atoms with Gasteiger partial charge >= 0.3 is 0 Å². The van der Waals surface area contributed by atoms with E-state index < -0.39 is 10.0 Å². The molecule has 1 amide bonds. The minimum atomic E-state index is -3.46. The van der Waals surface area contributed by atoms with E-state index in [0.29, 0.717) is 18.8 Å². The lowest BCUT2D eigenvalue weighted by atomic mass is 9.88. The Bertz CT molecular complexity index is 675. The quantitative estimate of drug-likeness (QED) is 0.905. The van der Waals surface area contributed by atoms with Crippen molar-refractivity contribution in [2.24, 2.45) is 5.92 Å². The topological polar surface area (TPSA) is 66.5 Å². The van der Waals surface area contributed by atoms with E-state index in [0.717, 1.165) is 44.9 Å². The molecule has 6 heteroatoms. The number of carbonyl (C=O) groups is 1. The van der Waals surface area contributed by atoms with E-state index in [1.54, 1.807) is 28.6 Å². The highest BCUT2D eigenvalue weighted by Gasteiger charge is 2.26. The van der Waals surface area contributed by atoms with Crippen molar-refractivity contribution in [2.75, 3.05) is 18.4 Å². The fraction of sp³-hybridized carbons (Fsp3) is 0.611. The van der Waals surface area contributed by atoms with Gasteiger partial charge in [-0.3, -0.25) is 4.79 Å². The summed E-state index contributed by atoms with van der Waals surface area (Å²) in [6, 6.07) is 6.66. The molecule has 3 rings (SSSR count). The van der Waals surface area contributed by atoms with Gasteiger partial charge in [0, 0.05) is 24.7 Å². The molecule has 0 aromatic heterocycles. The summed E-state index contributed by atoms with van der Waals surface area (Å²) < 4.78 is 27.0. The zero-order chi connectivity index (χ0) is 17.0. The van der Waals surface area contributed by atoms with Crippen molar-refractivity contribution in [3.8, 4) is 0 Å². The lowest BCUT2D eigenvalue weighted by Crippen LogP contribution is -2.35. The molecule has 132 valence electrons. The van der Waals surface area contributed by atoms with Gasteiger partial charge in [0.2, 0.25) is 15.9 Å². The van der Waals surface area contributed by atoms with Gasteiger partial charge in [-0.05, 0) is 43.9 Å². The summed E-state index contributed by atoms with van der Waals surface area (Å²) in [4.78, 5) is 12.6. The molecule has 1 saturated carbocycles. The molecule has 1 heterocycles. The predicted molar refractivity (Wildman–Crippen MR) is 94.3 cm³/mol. The Balaban J connectivity index is 1.72. The minimum absolute atomic E-state index is 0.0159. The molecule has 5 nitrogen and oxygen atoms in total. The van der Waals surface area contributed by atoms with Crippen LogP contribution in [0.3, 0.4) is 0 Å². The van der Waals surface area contributed by atoms with Gasteiger partial charge < -0.3 is 5.32 Å². The third kappa shape index (κ3) is 3.98. The number of anilines is 1. The summed E-state index contributed by atoms with van der Waals surface area (Å²) >= 11 is 0. The largest absolute Gasteiger partial charge is 0.326 e. The van der Waals surface area contributed by atoms with Crippen LogP contribution in [0.15, 0.2) is 29.2 Å². The second-order valence-electron chi connectivity index (χ2n) is 6.82. The van der Waals surface area contributed by atoms with Crippen LogP contribution in [0.2, 0.25) is 0 Å². The number of nitrogens with one attached hydrogen (secondary N) is 1. The number of piperidine rings is 1. The molecular weight excluding hydrogens is 324 g/mol. The fourth-order valence-corrected chi connectivity index (χ4v) is 5.16. The maximum Gasteiger partial charge on any atom is 0.243 e. The molecule has 1 aliphatic carbocycles. The fourth-order valence-electron chi connectivity index (χ4n) is 3.60. The summed E-state index contributed by atoms with van der Waals surface area (Å²) in [5.41, 5.74) is 0.573. The van der Waals surface area contributed by atoms with Crippen molar-refractivity contribution in [3.05, 3.63) is 24.3 Å². The normalized spacial score (nSPS) is 20.7. The highest BCUT2D eigenvalue weighted by Crippen LogP contribution is 2.26. The Kier molecular flexibility index (Phi) is 5.56. The smallest absolute Gasteiger partial charge is 0.243 e. The molecular formula is C18H26N2O3S. The molecule has 0 spiro atoms. The van der Waals surface area contributed by atoms with Gasteiger partial charge in [-0.15, -0.1) is 0 Å². The van der Waals surface area contributed by atoms with Crippen LogP contribution in [0.1, 0.15) is 51.4 Å². The average Bonchev–Trinajstić information content (AvgIpc) is 2.63. The van der Waals surface area contributed by atoms with E-state index in [9.17, 15) is 13.2 Å². The van der Waals surface area contributed by atoms with Crippen LogP contribution in [0.25, 0.3) is 0 Å². The first-order chi connectivity index (χ1) is 11.6. The number of nitrogens with zero attached hydrogens (tertiary/aromatic N) is 1. The second-order valence-corrected chi connectivity index (χ2v) is 8.75. The van der Waals surface area contributed by atoms with Crippen molar-refractivity contribution >= 4 is 21.6 Å². The Morgan fingerprint density at radius 3 is 2.38 bits per heavy atom. The van der Waals surface area contributed by atoms with E-state index in [1.165, 1.54) is 6.42 Å². The van der Waals surface area contributed by atoms with Crippen molar-refractivity contribution in [1.29, 1.82) is 0 Å². The molecule has 0 bridgehead atoms. The van der Waals surface area contributed by atoms with Crippen molar-refractivity contribution in [1.82, 2.24) is 4.31 Å². The third-order valence-corrected chi connectivity index (χ3v) is 6.92. The predicted octanol–water partition coefficient (Wildman–Crippen LogP) is 3.38. The molecule has 1 N–H and O–H groups in total. The first-order valence-electron chi connectivity index (χ1n) is 8.98. The van der Waals surface area contributed by atoms with E-state index in [-0.39, 0.29) is 16.7 Å². The van der Waals surface area contributed by atoms with E-state index in [1.807, 2.05) is 0 Å². The summed E-state index contributed by atoms with van der Waals surface area (Å²) in [5, 5.41) is 2.91. The molecule has 1 aromatic rings. The SMILES string of the molecule is O=C(Nc1cccc(S(=O)(=O)N2CCCCC2)c1)C1CCCCC1. The van der Waals surface area contributed by atoms with E-state index in [4.69, 9.17) is 0 Å². The van der Waals surface area contributed by atoms with Gasteiger partial charge in [0.1, 0.15) is 0 Å². The second kappa shape index (κ2) is 7.66. The molecule has 1 aromatic carbocycles. The number of carbonyl (C=O) groups excluding carboxylic acids is 1. The summed E-state index contributed by atoms with van der Waals surface area (Å²) in [6.07, 6.45) is 8.17. The van der Waals surface area contributed by atoms with Gasteiger partial charge in [-0.1, -0.05) is 31.7 Å². The molecule has 24 heavy (non-hydrogen) atoms. The van der Waals surface area contributed by atoms with Crippen LogP contribution < -0.4 is 5.32 Å². The highest BCUT2D eigenvalue weighted by atomic mass is 32.2. The minimum Gasteiger partial charge on any atom is -0.326 e. The average molecular weight is 350 g/mol. The first-order valence-corrected chi connectivity index (χ1v) is 10.4. The highest BCUT2D eigenvalue weighted by molar-refractivity contribution is 7.89. The van der Waals surface area contributed by atoms with Crippen molar-refractivity contribution < 1.29 is 13.2 Å². The lowest BCUT2D eigenvalue weighted by Gasteiger charge is -2.26. The van der Waals surface area contributed by atoms with Crippen LogP contribution in [-0.2, 0) is 14.8 Å². The maximum absolute atomic E-state index is 12.7. The molecule has 2 fully saturated rings. The summed E-state index contributed by atoms with van der Waals surface area (Å²) in [5.74, 6) is 0.0725. The van der Waals surface area contributed by atoms with Crippen LogP contribution in [0, 0.1) is 5.92 Å². The maximum atomic E-state index is 12.7. The van der Waals surface area contributed by atoms with Gasteiger partial charge in [-0.25, -0.2) is 8.42 Å². The Labute approximate surface area is 144 Å². The van der Waals surface area contributed by atoms with Crippen LogP contribution >= 0.6 is 0 Å². The first kappa shape index (κ1) is 17.4. The van der Waals surface area contributed by atoms with Crippen molar-refractivity contribution in [3.63, 3.8) is 0 Å². The Morgan fingerprint density at radius 1 is 1.00 bits per heavy atom. The molecule has 2 aliphatic rings. The van der Waals surface area contributed by atoms with Crippen molar-refractivity contribution in [2.45, 2.75) is 56.3 Å². The Morgan fingerprint density at radius 2 is 1.67 bits per heavy atom. The summed E-state index contributed by atoms with van der Waals surface area (Å²) in [6.45, 7) is 1.17. The van der Waals surface area contributed by atoms with Gasteiger partial charge in [0.05, 0.1) is 4.90 Å². The van der Waals surface area contributed by atoms with Gasteiger partial charge in [0.25, 0.3) is 0 Å². The number of rotatable bonds is 4. The van der Waals surface area contributed by atoms with E-state index >= 15 is 0 Å². The van der Waals surface area contributed by atoms with Gasteiger partial charge in [0.15, 0.2) is 0 Å². The van der Waals surface area contributed by atoms with E-state index in [2.05, 4.69) is 5.32 Å². The zero-order valence-electron chi connectivity index (χ0n) is 14.0. The third-order valence-electron chi connectivity index (χ3n) is 5.03. The summed E-state index contributed by atoms with van der Waals surface area (Å²) in [7, 11) is -3.46. The van der Waals surface area contributed by atoms with Crippen LogP contribution in [0.4, 0.5) is 5.69 Å². The van der Waals surface area contributed by atoms with Crippen LogP contribution in [-0.4, -0.2) is 31.7 Å². The molecule has 1 saturated heterocycles. The number of benzene rings is 1. The van der Waals surface area contributed by atoms with Crippen LogP contribution in [0.5, 0.6) is 0 Å². The zero-order valence-corrected chi connectivity index (χ0v) is 14.9. The molecule has 1 aliphatic heterocycles. The standard InChI is InChI=1S/C18H26N2O3S/c21-18(15-8-3-1-4-9-15)19-16-10-7-11-17(14-16)24(22,23)20-12-5-2-6-13-20/h7,10-11,14-15H,1-6,8-9,12-13H2,(H,19,21). The molecule has 0 radical (unpaired) electrons. The number of amides is 1. The number of hydrogen-bond acceptors (Lipinski definition) is 3. The number of sulfonamides is 1. The molecule has 0 unspecified atom stereocenters. The number of hydrogen-bond donors (Lipinski definition) is 1. The monoisotopic (exact) mass is 350 g/mol.